The predicted molar refractivity (Wildman–Crippen MR) is 137 cm³/mol. The van der Waals surface area contributed by atoms with Crippen LogP contribution in [0.15, 0.2) is 18.5 Å². The number of aryl methyl sites for hydroxylation is 1. The van der Waals surface area contributed by atoms with Gasteiger partial charge in [-0.05, 0) is 59.4 Å². The van der Waals surface area contributed by atoms with Gasteiger partial charge in [-0.15, -0.1) is 0 Å². The van der Waals surface area contributed by atoms with E-state index >= 15 is 4.39 Å². The highest BCUT2D eigenvalue weighted by Gasteiger charge is 2.35. The molecule has 4 N–H and O–H groups in total. The first-order chi connectivity index (χ1) is 16.9. The first kappa shape index (κ1) is 26.2. The molecule has 1 aromatic carbocycles. The van der Waals surface area contributed by atoms with Crippen molar-refractivity contribution in [1.29, 1.82) is 0 Å². The number of halogens is 2. The van der Waals surface area contributed by atoms with Crippen molar-refractivity contribution in [3.05, 3.63) is 51.9 Å². The number of aromatic nitrogens is 3. The fraction of sp³-hybridized carbons (Fsp3) is 0.500. The molecule has 1 atom stereocenters. The number of aliphatic hydroxyl groups is 1. The van der Waals surface area contributed by atoms with Gasteiger partial charge >= 0.3 is 0 Å². The molecule has 1 saturated carbocycles. The summed E-state index contributed by atoms with van der Waals surface area (Å²) in [5.41, 5.74) is 7.20. The SMILES string of the molecule is Cc1nc([C@@H](C)c2cc(Cl)c(F)c(C(=O)N[C@]3(C)CC[C@@H](O)CC3)c2OC(C)C)n2ccnc(N)c12. The number of nitrogens with two attached hydrogens (primary N) is 1. The molecule has 2 aromatic heterocycles. The Morgan fingerprint density at radius 3 is 2.67 bits per heavy atom. The van der Waals surface area contributed by atoms with Gasteiger partial charge < -0.3 is 20.9 Å². The van der Waals surface area contributed by atoms with Crippen LogP contribution in [0.2, 0.25) is 5.02 Å². The number of nitrogens with zero attached hydrogens (tertiary/aromatic N) is 3. The third-order valence-electron chi connectivity index (χ3n) is 6.89. The number of carbonyl (C=O) groups is 1. The van der Waals surface area contributed by atoms with Crippen LogP contribution < -0.4 is 15.8 Å². The van der Waals surface area contributed by atoms with Crippen molar-refractivity contribution >= 4 is 28.8 Å². The summed E-state index contributed by atoms with van der Waals surface area (Å²) in [6.45, 7) is 9.27. The van der Waals surface area contributed by atoms with Crippen molar-refractivity contribution in [2.45, 2.75) is 84.0 Å². The highest BCUT2D eigenvalue weighted by Crippen LogP contribution is 2.40. The number of ether oxygens (including phenoxy) is 1. The van der Waals surface area contributed by atoms with E-state index in [2.05, 4.69) is 10.3 Å². The molecule has 8 nitrogen and oxygen atoms in total. The Bertz CT molecular complexity index is 1300. The fourth-order valence-electron chi connectivity index (χ4n) is 4.93. The van der Waals surface area contributed by atoms with Crippen LogP contribution in [0.5, 0.6) is 5.75 Å². The van der Waals surface area contributed by atoms with Gasteiger partial charge in [0, 0.05) is 29.4 Å². The summed E-state index contributed by atoms with van der Waals surface area (Å²) in [4.78, 5) is 22.4. The van der Waals surface area contributed by atoms with Gasteiger partial charge in [-0.1, -0.05) is 18.5 Å². The molecular weight excluding hydrogens is 485 g/mol. The van der Waals surface area contributed by atoms with Crippen LogP contribution in [-0.2, 0) is 0 Å². The number of nitrogen functional groups attached to an aromatic ring is 1. The van der Waals surface area contributed by atoms with Crippen molar-refractivity contribution in [2.24, 2.45) is 0 Å². The largest absolute Gasteiger partial charge is 0.490 e. The lowest BCUT2D eigenvalue weighted by Gasteiger charge is -2.36. The summed E-state index contributed by atoms with van der Waals surface area (Å²) in [7, 11) is 0. The van der Waals surface area contributed by atoms with Crippen LogP contribution in [0, 0.1) is 12.7 Å². The third kappa shape index (κ3) is 4.86. The minimum Gasteiger partial charge on any atom is -0.490 e. The van der Waals surface area contributed by atoms with Crippen LogP contribution >= 0.6 is 11.6 Å². The Balaban J connectivity index is 1.83. The van der Waals surface area contributed by atoms with Crippen LogP contribution in [0.3, 0.4) is 0 Å². The number of hydrogen-bond donors (Lipinski definition) is 3. The van der Waals surface area contributed by atoms with Crippen LogP contribution in [0.1, 0.15) is 86.7 Å². The standard InChI is InChI=1S/C26H33ClFN5O3/c1-13(2)36-22-17(14(3)24-31-15(4)21-23(29)30-10-11-33(21)24)12-18(27)20(28)19(22)25(35)32-26(5)8-6-16(34)7-9-26/h10-14,16,34H,6-9H2,1-5H3,(H2,29,30)(H,32,35)/t14-,16-,26-/m0/s1. The van der Waals surface area contributed by atoms with E-state index in [1.807, 2.05) is 39.0 Å². The van der Waals surface area contributed by atoms with E-state index in [9.17, 15) is 9.90 Å². The number of nitrogens with one attached hydrogen (secondary N) is 1. The van der Waals surface area contributed by atoms with Crippen LogP contribution in [0.25, 0.3) is 5.52 Å². The molecule has 1 fully saturated rings. The van der Waals surface area contributed by atoms with Crippen molar-refractivity contribution in [3.8, 4) is 5.75 Å². The topological polar surface area (TPSA) is 115 Å². The highest BCUT2D eigenvalue weighted by atomic mass is 35.5. The van der Waals surface area contributed by atoms with Crippen molar-refractivity contribution in [3.63, 3.8) is 0 Å². The maximum Gasteiger partial charge on any atom is 0.258 e. The number of benzene rings is 1. The number of aliphatic hydroxyl groups excluding tert-OH is 1. The second kappa shape index (κ2) is 9.86. The maximum atomic E-state index is 15.5. The first-order valence-electron chi connectivity index (χ1n) is 12.2. The molecule has 0 spiro atoms. The maximum absolute atomic E-state index is 15.5. The Morgan fingerprint density at radius 2 is 2.03 bits per heavy atom. The molecule has 1 aliphatic rings. The number of amides is 1. The Hall–Kier alpha value is -2.91. The van der Waals surface area contributed by atoms with E-state index in [1.165, 1.54) is 6.07 Å². The Kier molecular flexibility index (Phi) is 7.16. The van der Waals surface area contributed by atoms with E-state index in [1.54, 1.807) is 12.4 Å². The van der Waals surface area contributed by atoms with E-state index < -0.39 is 23.2 Å². The molecule has 1 amide bonds. The molecule has 194 valence electrons. The van der Waals surface area contributed by atoms with Gasteiger partial charge in [0.15, 0.2) is 5.82 Å². The van der Waals surface area contributed by atoms with Gasteiger partial charge in [0.1, 0.15) is 28.5 Å². The lowest BCUT2D eigenvalue weighted by Crippen LogP contribution is -2.49. The van der Waals surface area contributed by atoms with Crippen molar-refractivity contribution < 1.29 is 19.0 Å². The second-order valence-corrected chi connectivity index (χ2v) is 10.6. The van der Waals surface area contributed by atoms with Gasteiger partial charge in [-0.2, -0.15) is 0 Å². The number of hydrogen-bond acceptors (Lipinski definition) is 6. The van der Waals surface area contributed by atoms with Crippen molar-refractivity contribution in [2.75, 3.05) is 5.73 Å². The molecular formula is C26H33ClFN5O3. The fourth-order valence-corrected chi connectivity index (χ4v) is 5.14. The van der Waals surface area contributed by atoms with E-state index in [-0.39, 0.29) is 28.5 Å². The summed E-state index contributed by atoms with van der Waals surface area (Å²) >= 11 is 6.35. The molecule has 0 radical (unpaired) electrons. The number of imidazole rings is 1. The molecule has 36 heavy (non-hydrogen) atoms. The van der Waals surface area contributed by atoms with Crippen molar-refractivity contribution in [1.82, 2.24) is 19.7 Å². The molecule has 0 unspecified atom stereocenters. The van der Waals surface area contributed by atoms with Gasteiger partial charge in [0.25, 0.3) is 5.91 Å². The average molecular weight is 518 g/mol. The molecule has 10 heteroatoms. The monoisotopic (exact) mass is 517 g/mol. The summed E-state index contributed by atoms with van der Waals surface area (Å²) in [5, 5.41) is 12.7. The van der Waals surface area contributed by atoms with Crippen LogP contribution in [0.4, 0.5) is 10.2 Å². The molecule has 0 aliphatic heterocycles. The lowest BCUT2D eigenvalue weighted by atomic mass is 9.81. The molecule has 0 saturated heterocycles. The number of rotatable bonds is 6. The van der Waals surface area contributed by atoms with E-state index in [0.29, 0.717) is 54.1 Å². The number of anilines is 1. The molecule has 2 heterocycles. The normalized spacial score (nSPS) is 21.1. The molecule has 3 aromatic rings. The minimum absolute atomic E-state index is 0.132. The zero-order valence-corrected chi connectivity index (χ0v) is 22.0. The molecule has 4 rings (SSSR count). The first-order valence-corrected chi connectivity index (χ1v) is 12.6. The van der Waals surface area contributed by atoms with Gasteiger partial charge in [0.2, 0.25) is 0 Å². The molecule has 1 aliphatic carbocycles. The second-order valence-electron chi connectivity index (χ2n) is 10.2. The summed E-state index contributed by atoms with van der Waals surface area (Å²) in [5.74, 6) is -0.747. The Morgan fingerprint density at radius 1 is 1.36 bits per heavy atom. The van der Waals surface area contributed by atoms with Gasteiger partial charge in [0.05, 0.1) is 22.9 Å². The Labute approximate surface area is 215 Å². The summed E-state index contributed by atoms with van der Waals surface area (Å²) in [6.07, 6.45) is 4.93. The third-order valence-corrected chi connectivity index (χ3v) is 7.17. The molecule has 0 bridgehead atoms. The predicted octanol–water partition coefficient (Wildman–Crippen LogP) is 4.77. The average Bonchev–Trinajstić information content (AvgIpc) is 3.15. The zero-order valence-electron chi connectivity index (χ0n) is 21.2. The number of carbonyl (C=O) groups excluding carboxylic acids is 1. The highest BCUT2D eigenvalue weighted by molar-refractivity contribution is 6.31. The summed E-state index contributed by atoms with van der Waals surface area (Å²) in [6, 6.07) is 1.50. The van der Waals surface area contributed by atoms with Crippen LogP contribution in [-0.4, -0.2) is 43.1 Å². The zero-order chi connectivity index (χ0) is 26.4. The van der Waals surface area contributed by atoms with E-state index in [4.69, 9.17) is 27.1 Å². The smallest absolute Gasteiger partial charge is 0.258 e. The quantitative estimate of drug-likeness (QED) is 0.433. The number of fused-ring (bicyclic) bond motifs is 1. The van der Waals surface area contributed by atoms with Gasteiger partial charge in [-0.25, -0.2) is 14.4 Å². The summed E-state index contributed by atoms with van der Waals surface area (Å²) < 4.78 is 23.4. The van der Waals surface area contributed by atoms with E-state index in [0.717, 1.165) is 0 Å². The lowest BCUT2D eigenvalue weighted by molar-refractivity contribution is 0.0718. The minimum atomic E-state index is -0.835. The van der Waals surface area contributed by atoms with Gasteiger partial charge in [-0.3, -0.25) is 9.20 Å².